The molecule has 1 aromatic carbocycles. The molecule has 1 aliphatic rings. The Kier molecular flexibility index (Phi) is 5.05. The van der Waals surface area contributed by atoms with E-state index in [0.29, 0.717) is 31.5 Å². The molecule has 0 aliphatic carbocycles. The molecule has 0 bridgehead atoms. The van der Waals surface area contributed by atoms with Crippen LogP contribution in [-0.2, 0) is 9.53 Å². The minimum Gasteiger partial charge on any atom is -0.377 e. The fourth-order valence-corrected chi connectivity index (χ4v) is 2.75. The predicted octanol–water partition coefficient (Wildman–Crippen LogP) is 2.99. The van der Waals surface area contributed by atoms with Crippen LogP contribution < -0.4 is 0 Å². The summed E-state index contributed by atoms with van der Waals surface area (Å²) in [6, 6.07) is 9.25. The van der Waals surface area contributed by atoms with Crippen molar-refractivity contribution < 1.29 is 14.1 Å². The van der Waals surface area contributed by atoms with Crippen molar-refractivity contribution in [3.8, 4) is 11.5 Å². The summed E-state index contributed by atoms with van der Waals surface area (Å²) >= 11 is 0. The van der Waals surface area contributed by atoms with E-state index >= 15 is 0 Å². The van der Waals surface area contributed by atoms with Crippen molar-refractivity contribution in [2.24, 2.45) is 0 Å². The van der Waals surface area contributed by atoms with E-state index in [0.717, 1.165) is 17.6 Å². The number of rotatable bonds is 4. The van der Waals surface area contributed by atoms with Crippen molar-refractivity contribution in [1.82, 2.24) is 15.0 Å². The molecule has 1 amide bonds. The second-order valence-electron chi connectivity index (χ2n) is 5.71. The highest BCUT2D eigenvalue weighted by atomic mass is 16.5. The Morgan fingerprint density at radius 2 is 2.17 bits per heavy atom. The van der Waals surface area contributed by atoms with Gasteiger partial charge in [0.05, 0.1) is 13.2 Å². The van der Waals surface area contributed by atoms with Gasteiger partial charge in [0.2, 0.25) is 5.91 Å². The highest BCUT2D eigenvalue weighted by molar-refractivity contribution is 5.93. The normalized spacial score (nSPS) is 18.7. The van der Waals surface area contributed by atoms with Crippen LogP contribution in [0, 0.1) is 0 Å². The first-order chi connectivity index (χ1) is 11.7. The molecule has 126 valence electrons. The summed E-state index contributed by atoms with van der Waals surface area (Å²) in [6.07, 6.45) is 2.76. The van der Waals surface area contributed by atoms with E-state index in [2.05, 4.69) is 10.1 Å². The molecule has 1 unspecified atom stereocenters. The topological polar surface area (TPSA) is 68.5 Å². The maximum absolute atomic E-state index is 12.7. The van der Waals surface area contributed by atoms with Crippen LogP contribution in [0.15, 0.2) is 46.5 Å². The van der Waals surface area contributed by atoms with Crippen LogP contribution in [0.4, 0.5) is 0 Å². The number of amides is 1. The first-order valence-electron chi connectivity index (χ1n) is 8.15. The molecule has 0 spiro atoms. The van der Waals surface area contributed by atoms with E-state index in [-0.39, 0.29) is 11.9 Å². The van der Waals surface area contributed by atoms with Gasteiger partial charge in [-0.15, -0.1) is 0 Å². The van der Waals surface area contributed by atoms with Gasteiger partial charge in [0.25, 0.3) is 5.89 Å². The van der Waals surface area contributed by atoms with Crippen LogP contribution in [-0.4, -0.2) is 40.7 Å². The van der Waals surface area contributed by atoms with Gasteiger partial charge in [-0.2, -0.15) is 4.98 Å². The van der Waals surface area contributed by atoms with Crippen molar-refractivity contribution in [2.45, 2.75) is 26.3 Å². The fraction of sp³-hybridized carbons (Fsp3) is 0.389. The van der Waals surface area contributed by atoms with E-state index in [4.69, 9.17) is 9.26 Å². The Hall–Kier alpha value is -2.47. The SMILES string of the molecule is CC/C=C(\C)C(=O)N1CCOCC1c1noc(-c2ccccc2)n1. The zero-order chi connectivity index (χ0) is 16.9. The number of benzene rings is 1. The van der Waals surface area contributed by atoms with Crippen LogP contribution in [0.25, 0.3) is 11.5 Å². The second-order valence-corrected chi connectivity index (χ2v) is 5.71. The molecule has 1 fully saturated rings. The maximum Gasteiger partial charge on any atom is 0.257 e. The number of aromatic nitrogens is 2. The van der Waals surface area contributed by atoms with Crippen molar-refractivity contribution in [3.63, 3.8) is 0 Å². The predicted molar refractivity (Wildman–Crippen MR) is 89.1 cm³/mol. The average molecular weight is 327 g/mol. The van der Waals surface area contributed by atoms with Gasteiger partial charge in [-0.25, -0.2) is 0 Å². The minimum atomic E-state index is -0.326. The van der Waals surface area contributed by atoms with Gasteiger partial charge < -0.3 is 14.2 Å². The largest absolute Gasteiger partial charge is 0.377 e. The van der Waals surface area contributed by atoms with Crippen LogP contribution in [0.3, 0.4) is 0 Å². The zero-order valence-electron chi connectivity index (χ0n) is 13.9. The van der Waals surface area contributed by atoms with Crippen LogP contribution in [0.1, 0.15) is 32.1 Å². The Morgan fingerprint density at radius 3 is 2.92 bits per heavy atom. The van der Waals surface area contributed by atoms with Gasteiger partial charge in [-0.1, -0.05) is 36.4 Å². The molecule has 0 N–H and O–H groups in total. The smallest absolute Gasteiger partial charge is 0.257 e. The maximum atomic E-state index is 12.7. The van der Waals surface area contributed by atoms with Gasteiger partial charge in [-0.05, 0) is 25.5 Å². The van der Waals surface area contributed by atoms with Gasteiger partial charge in [0.1, 0.15) is 6.04 Å². The average Bonchev–Trinajstić information content (AvgIpc) is 3.12. The molecule has 3 rings (SSSR count). The molecular formula is C18H21N3O3. The van der Waals surface area contributed by atoms with Crippen molar-refractivity contribution in [2.75, 3.05) is 19.8 Å². The monoisotopic (exact) mass is 327 g/mol. The number of carbonyl (C=O) groups is 1. The van der Waals surface area contributed by atoms with E-state index in [1.807, 2.05) is 50.3 Å². The molecule has 2 aromatic rings. The lowest BCUT2D eigenvalue weighted by molar-refractivity contribution is -0.136. The summed E-state index contributed by atoms with van der Waals surface area (Å²) < 4.78 is 10.9. The molecule has 6 nitrogen and oxygen atoms in total. The van der Waals surface area contributed by atoms with Crippen LogP contribution in [0.2, 0.25) is 0 Å². The van der Waals surface area contributed by atoms with Crippen molar-refractivity contribution in [1.29, 1.82) is 0 Å². The quantitative estimate of drug-likeness (QED) is 0.808. The number of hydrogen-bond donors (Lipinski definition) is 0. The Balaban J connectivity index is 1.85. The molecule has 1 atom stereocenters. The molecule has 24 heavy (non-hydrogen) atoms. The number of carbonyl (C=O) groups excluding carboxylic acids is 1. The number of allylic oxidation sites excluding steroid dienone is 1. The third-order valence-electron chi connectivity index (χ3n) is 4.00. The number of ether oxygens (including phenoxy) is 1. The minimum absolute atomic E-state index is 0.00351. The summed E-state index contributed by atoms with van der Waals surface area (Å²) in [5, 5.41) is 4.07. The summed E-state index contributed by atoms with van der Waals surface area (Å²) in [6.45, 7) is 5.26. The Bertz CT molecular complexity index is 724. The summed E-state index contributed by atoms with van der Waals surface area (Å²) in [4.78, 5) is 18.9. The standard InChI is InChI=1S/C18H21N3O3/c1-3-7-13(2)18(22)21-10-11-23-12-15(21)16-19-17(24-20-16)14-8-5-4-6-9-14/h4-9,15H,3,10-12H2,1-2H3/b13-7+. The van der Waals surface area contributed by atoms with E-state index in [9.17, 15) is 4.79 Å². The second kappa shape index (κ2) is 7.40. The van der Waals surface area contributed by atoms with Crippen molar-refractivity contribution in [3.05, 3.63) is 47.8 Å². The van der Waals surface area contributed by atoms with Gasteiger partial charge >= 0.3 is 0 Å². The van der Waals surface area contributed by atoms with E-state index in [1.165, 1.54) is 0 Å². The van der Waals surface area contributed by atoms with Gasteiger partial charge in [-0.3, -0.25) is 4.79 Å². The van der Waals surface area contributed by atoms with Gasteiger partial charge in [0.15, 0.2) is 5.82 Å². The highest BCUT2D eigenvalue weighted by Crippen LogP contribution is 2.26. The summed E-state index contributed by atoms with van der Waals surface area (Å²) in [5.41, 5.74) is 1.59. The Labute approximate surface area is 141 Å². The zero-order valence-corrected chi connectivity index (χ0v) is 13.9. The molecule has 0 saturated carbocycles. The molecule has 6 heteroatoms. The first kappa shape index (κ1) is 16.4. The lowest BCUT2D eigenvalue weighted by Crippen LogP contribution is -2.44. The van der Waals surface area contributed by atoms with E-state index < -0.39 is 0 Å². The lowest BCUT2D eigenvalue weighted by atomic mass is 10.1. The van der Waals surface area contributed by atoms with Gasteiger partial charge in [0, 0.05) is 17.7 Å². The molecule has 2 heterocycles. The highest BCUT2D eigenvalue weighted by Gasteiger charge is 2.32. The van der Waals surface area contributed by atoms with Crippen LogP contribution >= 0.6 is 0 Å². The lowest BCUT2D eigenvalue weighted by Gasteiger charge is -2.33. The summed E-state index contributed by atoms with van der Waals surface area (Å²) in [5.74, 6) is 0.923. The van der Waals surface area contributed by atoms with E-state index in [1.54, 1.807) is 4.90 Å². The fourth-order valence-electron chi connectivity index (χ4n) is 2.75. The molecule has 1 aliphatic heterocycles. The van der Waals surface area contributed by atoms with Crippen molar-refractivity contribution >= 4 is 5.91 Å². The van der Waals surface area contributed by atoms with Crippen LogP contribution in [0.5, 0.6) is 0 Å². The number of nitrogens with zero attached hydrogens (tertiary/aromatic N) is 3. The number of hydrogen-bond acceptors (Lipinski definition) is 5. The third-order valence-corrected chi connectivity index (χ3v) is 4.00. The molecule has 1 saturated heterocycles. The molecule has 0 radical (unpaired) electrons. The summed E-state index contributed by atoms with van der Waals surface area (Å²) in [7, 11) is 0. The Morgan fingerprint density at radius 1 is 1.38 bits per heavy atom. The first-order valence-corrected chi connectivity index (χ1v) is 8.15. The third kappa shape index (κ3) is 3.38. The molecule has 1 aromatic heterocycles. The number of morpholine rings is 1. The molecular weight excluding hydrogens is 306 g/mol.